The van der Waals surface area contributed by atoms with Gasteiger partial charge in [-0.25, -0.2) is 0 Å². The highest BCUT2D eigenvalue weighted by atomic mass is 16.2. The summed E-state index contributed by atoms with van der Waals surface area (Å²) in [6.07, 6.45) is 3.77. The number of carbonyl (C=O) groups excluding carboxylic acids is 2. The molecule has 1 saturated heterocycles. The minimum absolute atomic E-state index is 0.00817. The van der Waals surface area contributed by atoms with Crippen LogP contribution in [0.5, 0.6) is 0 Å². The number of nitriles is 1. The average Bonchev–Trinajstić information content (AvgIpc) is 3.24. The SMILES string of the molecule is N#CC1CCCN1C(=O)CNCCC(=O)NC1Cc2ccccc2C1. The Kier molecular flexibility index (Phi) is 5.67. The fourth-order valence-electron chi connectivity index (χ4n) is 3.66. The van der Waals surface area contributed by atoms with E-state index in [2.05, 4.69) is 28.8 Å². The van der Waals surface area contributed by atoms with E-state index in [-0.39, 0.29) is 30.4 Å². The topological polar surface area (TPSA) is 85.2 Å². The lowest BCUT2D eigenvalue weighted by molar-refractivity contribution is -0.130. The van der Waals surface area contributed by atoms with E-state index in [4.69, 9.17) is 5.26 Å². The number of carbonyl (C=O) groups is 2. The van der Waals surface area contributed by atoms with E-state index in [1.54, 1.807) is 4.90 Å². The average molecular weight is 340 g/mol. The molecule has 0 radical (unpaired) electrons. The largest absolute Gasteiger partial charge is 0.353 e. The van der Waals surface area contributed by atoms with Gasteiger partial charge in [0.15, 0.2) is 0 Å². The molecule has 1 atom stereocenters. The summed E-state index contributed by atoms with van der Waals surface area (Å²) in [5.74, 6) is -0.0514. The summed E-state index contributed by atoms with van der Waals surface area (Å²) in [5.41, 5.74) is 2.63. The number of nitrogens with zero attached hydrogens (tertiary/aromatic N) is 2. The third-order valence-electron chi connectivity index (χ3n) is 4.94. The summed E-state index contributed by atoms with van der Waals surface area (Å²) in [4.78, 5) is 25.8. The van der Waals surface area contributed by atoms with Crippen molar-refractivity contribution in [2.24, 2.45) is 0 Å². The quantitative estimate of drug-likeness (QED) is 0.749. The molecule has 2 aliphatic rings. The first-order valence-corrected chi connectivity index (χ1v) is 8.93. The Hall–Kier alpha value is -2.39. The molecule has 0 saturated carbocycles. The molecule has 25 heavy (non-hydrogen) atoms. The highest BCUT2D eigenvalue weighted by molar-refractivity contribution is 5.79. The molecule has 1 aromatic rings. The third kappa shape index (κ3) is 4.37. The van der Waals surface area contributed by atoms with Crippen LogP contribution in [0.1, 0.15) is 30.4 Å². The third-order valence-corrected chi connectivity index (χ3v) is 4.94. The van der Waals surface area contributed by atoms with Crippen molar-refractivity contribution in [2.45, 2.75) is 44.2 Å². The smallest absolute Gasteiger partial charge is 0.237 e. The van der Waals surface area contributed by atoms with Crippen LogP contribution in [0, 0.1) is 11.3 Å². The van der Waals surface area contributed by atoms with Crippen LogP contribution in [0.3, 0.4) is 0 Å². The Bertz CT molecular complexity index is 657. The Morgan fingerprint density at radius 3 is 2.64 bits per heavy atom. The molecule has 1 aliphatic carbocycles. The predicted octanol–water partition coefficient (Wildman–Crippen LogP) is 0.764. The van der Waals surface area contributed by atoms with Crippen molar-refractivity contribution >= 4 is 11.8 Å². The van der Waals surface area contributed by atoms with Gasteiger partial charge < -0.3 is 15.5 Å². The van der Waals surface area contributed by atoms with Crippen LogP contribution in [-0.4, -0.2) is 48.4 Å². The molecule has 132 valence electrons. The zero-order valence-corrected chi connectivity index (χ0v) is 14.3. The molecule has 6 nitrogen and oxygen atoms in total. The Morgan fingerprint density at radius 2 is 1.96 bits per heavy atom. The van der Waals surface area contributed by atoms with Crippen LogP contribution in [0.25, 0.3) is 0 Å². The molecule has 0 spiro atoms. The lowest BCUT2D eigenvalue weighted by atomic mass is 10.1. The standard InChI is InChI=1S/C19H24N4O2/c20-12-17-6-3-9-23(17)19(25)13-21-8-7-18(24)22-16-10-14-4-1-2-5-15(14)11-16/h1-2,4-5,16-17,21H,3,6-11,13H2,(H,22,24). The van der Waals surface area contributed by atoms with Gasteiger partial charge in [0.1, 0.15) is 6.04 Å². The molecule has 3 rings (SSSR count). The van der Waals surface area contributed by atoms with Crippen molar-refractivity contribution in [1.82, 2.24) is 15.5 Å². The first kappa shape index (κ1) is 17.4. The molecule has 1 aromatic carbocycles. The normalized spacial score (nSPS) is 19.5. The fourth-order valence-corrected chi connectivity index (χ4v) is 3.66. The van der Waals surface area contributed by atoms with Gasteiger partial charge in [-0.2, -0.15) is 5.26 Å². The van der Waals surface area contributed by atoms with Gasteiger partial charge in [0, 0.05) is 25.6 Å². The molecule has 0 bridgehead atoms. The monoisotopic (exact) mass is 340 g/mol. The Balaban J connectivity index is 1.32. The summed E-state index contributed by atoms with van der Waals surface area (Å²) < 4.78 is 0. The van der Waals surface area contributed by atoms with Crippen molar-refractivity contribution in [2.75, 3.05) is 19.6 Å². The first-order valence-electron chi connectivity index (χ1n) is 8.93. The fraction of sp³-hybridized carbons (Fsp3) is 0.526. The molecule has 2 N–H and O–H groups in total. The number of benzene rings is 1. The van der Waals surface area contributed by atoms with Crippen LogP contribution < -0.4 is 10.6 Å². The molecule has 6 heteroatoms. The molecule has 1 aliphatic heterocycles. The van der Waals surface area contributed by atoms with Crippen LogP contribution in [0.15, 0.2) is 24.3 Å². The number of rotatable bonds is 6. The molecule has 1 unspecified atom stereocenters. The van der Waals surface area contributed by atoms with E-state index in [1.165, 1.54) is 11.1 Å². The highest BCUT2D eigenvalue weighted by Crippen LogP contribution is 2.21. The van der Waals surface area contributed by atoms with E-state index in [1.807, 2.05) is 12.1 Å². The number of amides is 2. The van der Waals surface area contributed by atoms with E-state index < -0.39 is 0 Å². The summed E-state index contributed by atoms with van der Waals surface area (Å²) >= 11 is 0. The van der Waals surface area contributed by atoms with Crippen LogP contribution in [0.4, 0.5) is 0 Å². The van der Waals surface area contributed by atoms with Gasteiger partial charge in [0.2, 0.25) is 11.8 Å². The zero-order chi connectivity index (χ0) is 17.6. The number of hydrogen-bond acceptors (Lipinski definition) is 4. The number of hydrogen-bond donors (Lipinski definition) is 2. The van der Waals surface area contributed by atoms with Crippen LogP contribution >= 0.6 is 0 Å². The van der Waals surface area contributed by atoms with Crippen molar-refractivity contribution in [1.29, 1.82) is 5.26 Å². The number of likely N-dealkylation sites (tertiary alicyclic amines) is 1. The zero-order valence-electron chi connectivity index (χ0n) is 14.3. The predicted molar refractivity (Wildman–Crippen MR) is 93.6 cm³/mol. The number of nitrogens with one attached hydrogen (secondary N) is 2. The second kappa shape index (κ2) is 8.13. The second-order valence-electron chi connectivity index (χ2n) is 6.74. The van der Waals surface area contributed by atoms with Crippen molar-refractivity contribution in [3.63, 3.8) is 0 Å². The maximum Gasteiger partial charge on any atom is 0.237 e. The molecule has 0 aromatic heterocycles. The Labute approximate surface area is 148 Å². The minimum Gasteiger partial charge on any atom is -0.353 e. The van der Waals surface area contributed by atoms with E-state index in [0.717, 1.165) is 25.7 Å². The van der Waals surface area contributed by atoms with Gasteiger partial charge in [0.25, 0.3) is 0 Å². The summed E-state index contributed by atoms with van der Waals surface area (Å²) in [5, 5.41) is 15.1. The van der Waals surface area contributed by atoms with E-state index in [0.29, 0.717) is 19.5 Å². The lowest BCUT2D eigenvalue weighted by Gasteiger charge is -2.19. The maximum atomic E-state index is 12.1. The summed E-state index contributed by atoms with van der Waals surface area (Å²) in [6.45, 7) is 1.30. The van der Waals surface area contributed by atoms with Gasteiger partial charge in [-0.3, -0.25) is 9.59 Å². The molecule has 1 heterocycles. The second-order valence-corrected chi connectivity index (χ2v) is 6.74. The lowest BCUT2D eigenvalue weighted by Crippen LogP contribution is -2.42. The van der Waals surface area contributed by atoms with E-state index in [9.17, 15) is 9.59 Å². The summed E-state index contributed by atoms with van der Waals surface area (Å²) in [7, 11) is 0. The van der Waals surface area contributed by atoms with Gasteiger partial charge in [-0.15, -0.1) is 0 Å². The van der Waals surface area contributed by atoms with E-state index >= 15 is 0 Å². The minimum atomic E-state index is -0.290. The maximum absolute atomic E-state index is 12.1. The molecule has 2 amide bonds. The molecular weight excluding hydrogens is 316 g/mol. The summed E-state index contributed by atoms with van der Waals surface area (Å²) in [6, 6.07) is 10.3. The van der Waals surface area contributed by atoms with Crippen LogP contribution in [0.2, 0.25) is 0 Å². The van der Waals surface area contributed by atoms with Crippen LogP contribution in [-0.2, 0) is 22.4 Å². The molecule has 1 fully saturated rings. The first-order chi connectivity index (χ1) is 12.2. The van der Waals surface area contributed by atoms with Gasteiger partial charge >= 0.3 is 0 Å². The molecular formula is C19H24N4O2. The van der Waals surface area contributed by atoms with Gasteiger partial charge in [0.05, 0.1) is 12.6 Å². The Morgan fingerprint density at radius 1 is 1.24 bits per heavy atom. The van der Waals surface area contributed by atoms with Crippen molar-refractivity contribution < 1.29 is 9.59 Å². The number of fused-ring (bicyclic) bond motifs is 1. The highest BCUT2D eigenvalue weighted by Gasteiger charge is 2.28. The van der Waals surface area contributed by atoms with Crippen molar-refractivity contribution in [3.05, 3.63) is 35.4 Å². The van der Waals surface area contributed by atoms with Crippen molar-refractivity contribution in [3.8, 4) is 6.07 Å². The van der Waals surface area contributed by atoms with Gasteiger partial charge in [-0.1, -0.05) is 24.3 Å². The van der Waals surface area contributed by atoms with Gasteiger partial charge in [-0.05, 0) is 36.8 Å².